The van der Waals surface area contributed by atoms with Crippen molar-refractivity contribution in [1.82, 2.24) is 4.90 Å². The van der Waals surface area contributed by atoms with Gasteiger partial charge in [0.05, 0.1) is 37.8 Å². The van der Waals surface area contributed by atoms with Gasteiger partial charge >= 0.3 is 0 Å². The largest absolute Gasteiger partial charge is 0.497 e. The van der Waals surface area contributed by atoms with Crippen molar-refractivity contribution in [3.8, 4) is 34.1 Å². The molecule has 2 heterocycles. The molecule has 0 N–H and O–H groups in total. The summed E-state index contributed by atoms with van der Waals surface area (Å²) in [6.07, 6.45) is 2.39. The Morgan fingerprint density at radius 2 is 1.71 bits per heavy atom. The first-order valence-electron chi connectivity index (χ1n) is 11.4. The maximum atomic E-state index is 13.4. The average Bonchev–Trinajstić information content (AvgIpc) is 2.91. The van der Waals surface area contributed by atoms with Crippen molar-refractivity contribution in [3.05, 3.63) is 82.2 Å². The van der Waals surface area contributed by atoms with Gasteiger partial charge in [-0.2, -0.15) is 0 Å². The molecule has 0 spiro atoms. The van der Waals surface area contributed by atoms with E-state index in [1.54, 1.807) is 39.5 Å². The summed E-state index contributed by atoms with van der Waals surface area (Å²) in [6.45, 7) is 1.94. The van der Waals surface area contributed by atoms with Crippen LogP contribution in [0.3, 0.4) is 0 Å². The molecule has 0 radical (unpaired) electrons. The zero-order chi connectivity index (χ0) is 24.4. The highest BCUT2D eigenvalue weighted by atomic mass is 16.5. The Labute approximate surface area is 203 Å². The minimum absolute atomic E-state index is 0.100. The zero-order valence-electron chi connectivity index (χ0n) is 20.0. The van der Waals surface area contributed by atoms with Gasteiger partial charge in [-0.3, -0.25) is 9.69 Å². The minimum Gasteiger partial charge on any atom is -0.497 e. The third-order valence-electron chi connectivity index (χ3n) is 6.36. The smallest absolute Gasteiger partial charge is 0.200 e. The fourth-order valence-electron chi connectivity index (χ4n) is 4.38. The molecule has 4 aromatic rings. The van der Waals surface area contributed by atoms with E-state index >= 15 is 0 Å². The van der Waals surface area contributed by atoms with Crippen LogP contribution < -0.4 is 24.4 Å². The molecule has 7 nitrogen and oxygen atoms in total. The molecule has 7 heteroatoms. The molecule has 5 rings (SSSR count). The molecular formula is C28H27NO6. The van der Waals surface area contributed by atoms with Gasteiger partial charge in [-0.25, -0.2) is 0 Å². The lowest BCUT2D eigenvalue weighted by molar-refractivity contribution is 0.0968. The molecule has 0 saturated heterocycles. The van der Waals surface area contributed by atoms with Gasteiger partial charge < -0.3 is 23.4 Å². The van der Waals surface area contributed by atoms with Crippen LogP contribution in [0.5, 0.6) is 23.0 Å². The summed E-state index contributed by atoms with van der Waals surface area (Å²) in [5.74, 6) is 2.75. The molecule has 0 atom stereocenters. The van der Waals surface area contributed by atoms with Crippen molar-refractivity contribution in [2.45, 2.75) is 13.0 Å². The first-order valence-corrected chi connectivity index (χ1v) is 11.4. The summed E-state index contributed by atoms with van der Waals surface area (Å²) in [7, 11) is 4.81. The Kier molecular flexibility index (Phi) is 6.33. The first-order chi connectivity index (χ1) is 17.1. The second-order valence-electron chi connectivity index (χ2n) is 8.39. The number of benzene rings is 3. The van der Waals surface area contributed by atoms with E-state index in [0.717, 1.165) is 30.0 Å². The molecule has 1 aromatic heterocycles. The van der Waals surface area contributed by atoms with Gasteiger partial charge in [-0.05, 0) is 53.9 Å². The fourth-order valence-corrected chi connectivity index (χ4v) is 4.38. The number of fused-ring (bicyclic) bond motifs is 3. The van der Waals surface area contributed by atoms with Crippen LogP contribution in [0.1, 0.15) is 11.1 Å². The lowest BCUT2D eigenvalue weighted by atomic mass is 10.0. The van der Waals surface area contributed by atoms with Gasteiger partial charge in [0.2, 0.25) is 5.43 Å². The summed E-state index contributed by atoms with van der Waals surface area (Å²) in [4.78, 5) is 15.6. The summed E-state index contributed by atoms with van der Waals surface area (Å²) in [5, 5.41) is 0.525. The molecule has 0 saturated carbocycles. The van der Waals surface area contributed by atoms with E-state index in [0.29, 0.717) is 46.9 Å². The Morgan fingerprint density at radius 1 is 0.914 bits per heavy atom. The van der Waals surface area contributed by atoms with E-state index in [1.807, 2.05) is 24.3 Å². The van der Waals surface area contributed by atoms with Gasteiger partial charge in [0, 0.05) is 13.1 Å². The van der Waals surface area contributed by atoms with Gasteiger partial charge in [-0.15, -0.1) is 0 Å². The van der Waals surface area contributed by atoms with E-state index in [9.17, 15) is 4.79 Å². The number of rotatable bonds is 7. The van der Waals surface area contributed by atoms with Crippen LogP contribution in [0, 0.1) is 0 Å². The maximum Gasteiger partial charge on any atom is 0.200 e. The van der Waals surface area contributed by atoms with Crippen molar-refractivity contribution < 1.29 is 23.4 Å². The molecule has 1 aliphatic heterocycles. The standard InChI is InChI=1S/C28H27NO6/c1-31-20-7-4-18(5-8-20)12-13-29-15-22-24(35-17-29)11-9-21-27(30)23(16-34-28(21)22)19-6-10-25(32-2)26(14-19)33-3/h4-11,14,16H,12-13,15,17H2,1-3H3. The van der Waals surface area contributed by atoms with Crippen LogP contribution in [0.2, 0.25) is 0 Å². The molecular weight excluding hydrogens is 446 g/mol. The molecule has 0 fully saturated rings. The molecule has 35 heavy (non-hydrogen) atoms. The Morgan fingerprint density at radius 3 is 2.46 bits per heavy atom. The minimum atomic E-state index is -0.100. The summed E-state index contributed by atoms with van der Waals surface area (Å²) in [5.41, 5.74) is 3.74. The maximum absolute atomic E-state index is 13.4. The van der Waals surface area contributed by atoms with Crippen LogP contribution in [-0.2, 0) is 13.0 Å². The van der Waals surface area contributed by atoms with Crippen molar-refractivity contribution in [2.75, 3.05) is 34.6 Å². The highest BCUT2D eigenvalue weighted by Crippen LogP contribution is 2.34. The molecule has 0 aliphatic carbocycles. The van der Waals surface area contributed by atoms with Gasteiger partial charge in [0.25, 0.3) is 0 Å². The molecule has 0 bridgehead atoms. The van der Waals surface area contributed by atoms with Crippen LogP contribution >= 0.6 is 0 Å². The zero-order valence-corrected chi connectivity index (χ0v) is 20.0. The van der Waals surface area contributed by atoms with Crippen LogP contribution in [0.4, 0.5) is 0 Å². The topological polar surface area (TPSA) is 70.4 Å². The lowest BCUT2D eigenvalue weighted by Gasteiger charge is -2.29. The van der Waals surface area contributed by atoms with Crippen molar-refractivity contribution in [1.29, 1.82) is 0 Å². The van der Waals surface area contributed by atoms with E-state index < -0.39 is 0 Å². The number of methoxy groups -OCH3 is 3. The van der Waals surface area contributed by atoms with Gasteiger partial charge in [0.1, 0.15) is 30.1 Å². The van der Waals surface area contributed by atoms with Crippen molar-refractivity contribution >= 4 is 11.0 Å². The van der Waals surface area contributed by atoms with Gasteiger partial charge in [0.15, 0.2) is 11.5 Å². The first kappa shape index (κ1) is 22.8. The number of nitrogens with zero attached hydrogens (tertiary/aromatic N) is 1. The summed E-state index contributed by atoms with van der Waals surface area (Å²) >= 11 is 0. The third kappa shape index (κ3) is 4.42. The predicted octanol–water partition coefficient (Wildman–Crippen LogP) is 4.88. The molecule has 180 valence electrons. The Balaban J connectivity index is 1.41. The van der Waals surface area contributed by atoms with E-state index in [2.05, 4.69) is 17.0 Å². The van der Waals surface area contributed by atoms with E-state index in [4.69, 9.17) is 23.4 Å². The summed E-state index contributed by atoms with van der Waals surface area (Å²) < 4.78 is 28.0. The van der Waals surface area contributed by atoms with Gasteiger partial charge in [-0.1, -0.05) is 18.2 Å². The molecule has 3 aromatic carbocycles. The third-order valence-corrected chi connectivity index (χ3v) is 6.36. The van der Waals surface area contributed by atoms with E-state index in [1.165, 1.54) is 11.8 Å². The Bertz CT molecular complexity index is 1410. The lowest BCUT2D eigenvalue weighted by Crippen LogP contribution is -2.33. The average molecular weight is 474 g/mol. The quantitative estimate of drug-likeness (QED) is 0.379. The van der Waals surface area contributed by atoms with Crippen molar-refractivity contribution in [2.24, 2.45) is 0 Å². The number of ether oxygens (including phenoxy) is 4. The van der Waals surface area contributed by atoms with Crippen LogP contribution in [0.15, 0.2) is 70.1 Å². The second-order valence-corrected chi connectivity index (χ2v) is 8.39. The Hall–Kier alpha value is -3.97. The van der Waals surface area contributed by atoms with Crippen LogP contribution in [-0.4, -0.2) is 39.5 Å². The normalized spacial score (nSPS) is 13.2. The summed E-state index contributed by atoms with van der Waals surface area (Å²) in [6, 6.07) is 17.1. The highest BCUT2D eigenvalue weighted by Gasteiger charge is 2.23. The highest BCUT2D eigenvalue weighted by molar-refractivity contribution is 5.86. The van der Waals surface area contributed by atoms with E-state index in [-0.39, 0.29) is 5.43 Å². The fraction of sp³-hybridized carbons (Fsp3) is 0.250. The molecule has 0 unspecified atom stereocenters. The molecule has 0 amide bonds. The number of hydrogen-bond donors (Lipinski definition) is 0. The molecule has 1 aliphatic rings. The SMILES string of the molecule is COc1ccc(CCN2COc3ccc4c(=O)c(-c5ccc(OC)c(OC)c5)coc4c3C2)cc1. The predicted molar refractivity (Wildman–Crippen MR) is 134 cm³/mol. The monoisotopic (exact) mass is 473 g/mol. The number of hydrogen-bond acceptors (Lipinski definition) is 7. The van der Waals surface area contributed by atoms with Crippen LogP contribution in [0.25, 0.3) is 22.1 Å². The second kappa shape index (κ2) is 9.72. The van der Waals surface area contributed by atoms with Crippen molar-refractivity contribution in [3.63, 3.8) is 0 Å².